The van der Waals surface area contributed by atoms with Crippen molar-refractivity contribution in [3.05, 3.63) is 0 Å². The fourth-order valence-corrected chi connectivity index (χ4v) is 3.53. The van der Waals surface area contributed by atoms with Gasteiger partial charge in [0.2, 0.25) is 11.8 Å². The fraction of sp³-hybridized carbons (Fsp3) is 0.900. The van der Waals surface area contributed by atoms with Crippen molar-refractivity contribution < 1.29 is 47.5 Å². The summed E-state index contributed by atoms with van der Waals surface area (Å²) in [5.74, 6) is -0.830. The monoisotopic (exact) mass is 651 g/mol. The molecular formula is C30H61N5O10. The van der Waals surface area contributed by atoms with Crippen molar-refractivity contribution in [1.82, 2.24) is 10.6 Å². The molecule has 1 unspecified atom stereocenters. The topological polar surface area (TPSA) is 196 Å². The summed E-state index contributed by atoms with van der Waals surface area (Å²) in [7, 11) is 1.89. The molecule has 0 saturated carbocycles. The van der Waals surface area contributed by atoms with E-state index in [1.54, 1.807) is 0 Å². The van der Waals surface area contributed by atoms with Gasteiger partial charge in [0.1, 0.15) is 6.04 Å². The van der Waals surface area contributed by atoms with Crippen LogP contribution in [0.3, 0.4) is 0 Å². The Balaban J connectivity index is 3.66. The van der Waals surface area contributed by atoms with Crippen LogP contribution in [-0.4, -0.2) is 156 Å². The molecule has 0 aliphatic heterocycles. The lowest BCUT2D eigenvalue weighted by molar-refractivity contribution is -0.128. The molecule has 0 fully saturated rings. The number of nitrogens with one attached hydrogen (secondary N) is 2. The third-order valence-electron chi connectivity index (χ3n) is 6.03. The Morgan fingerprint density at radius 1 is 0.644 bits per heavy atom. The van der Waals surface area contributed by atoms with Gasteiger partial charge in [0, 0.05) is 38.2 Å². The lowest BCUT2D eigenvalue weighted by atomic mass is 10.1. The molecule has 0 rings (SSSR count). The van der Waals surface area contributed by atoms with E-state index < -0.39 is 11.9 Å². The van der Waals surface area contributed by atoms with Crippen molar-refractivity contribution in [2.75, 3.05) is 132 Å². The Morgan fingerprint density at radius 3 is 1.56 bits per heavy atom. The van der Waals surface area contributed by atoms with Crippen LogP contribution in [0.5, 0.6) is 0 Å². The van der Waals surface area contributed by atoms with E-state index in [1.807, 2.05) is 14.0 Å². The molecular weight excluding hydrogens is 590 g/mol. The number of amides is 2. The van der Waals surface area contributed by atoms with Gasteiger partial charge in [0.15, 0.2) is 0 Å². The van der Waals surface area contributed by atoms with E-state index in [0.717, 1.165) is 25.1 Å². The number of ether oxygens (including phenoxy) is 8. The lowest BCUT2D eigenvalue weighted by Gasteiger charge is -2.15. The van der Waals surface area contributed by atoms with Crippen LogP contribution in [-0.2, 0) is 47.5 Å². The SMILES string of the molecule is CNCCOCCOCCOCCOCCC(C)=NCCCCC(NC(=O)CCOCCOCCOCCOCCN)C(N)=O. The molecule has 0 saturated heterocycles. The molecule has 2 amide bonds. The smallest absolute Gasteiger partial charge is 0.239 e. The molecule has 6 N–H and O–H groups in total. The van der Waals surface area contributed by atoms with Gasteiger partial charge in [-0.2, -0.15) is 0 Å². The summed E-state index contributed by atoms with van der Waals surface area (Å²) in [5, 5.41) is 5.71. The number of hydrogen-bond acceptors (Lipinski definition) is 13. The lowest BCUT2D eigenvalue weighted by Crippen LogP contribution is -2.44. The van der Waals surface area contributed by atoms with E-state index in [0.29, 0.717) is 125 Å². The molecule has 15 heteroatoms. The maximum Gasteiger partial charge on any atom is 0.239 e. The molecule has 0 spiro atoms. The summed E-state index contributed by atoms with van der Waals surface area (Å²) < 4.78 is 43.3. The number of nitrogens with zero attached hydrogens (tertiary/aromatic N) is 1. The predicted molar refractivity (Wildman–Crippen MR) is 172 cm³/mol. The largest absolute Gasteiger partial charge is 0.379 e. The van der Waals surface area contributed by atoms with Crippen LogP contribution in [0.1, 0.15) is 39.0 Å². The van der Waals surface area contributed by atoms with Gasteiger partial charge in [-0.05, 0) is 33.2 Å². The van der Waals surface area contributed by atoms with E-state index in [2.05, 4.69) is 15.6 Å². The molecule has 0 aromatic carbocycles. The molecule has 0 aromatic heterocycles. The second-order valence-electron chi connectivity index (χ2n) is 9.93. The first-order valence-corrected chi connectivity index (χ1v) is 16.1. The summed E-state index contributed by atoms with van der Waals surface area (Å²) in [4.78, 5) is 28.5. The molecule has 0 aliphatic rings. The standard InChI is InChI=1S/C30H61N5O10/c1-27(6-11-38-15-19-42-24-26-45-22-18-41-14-10-33-2)34-9-4-3-5-28(30(32)37)35-29(36)7-12-39-16-20-43-23-25-44-21-17-40-13-8-31/h28,33H,3-26,31H2,1-2H3,(H2,32,37)(H,35,36). The van der Waals surface area contributed by atoms with Crippen molar-refractivity contribution in [3.8, 4) is 0 Å². The van der Waals surface area contributed by atoms with Crippen molar-refractivity contribution in [1.29, 1.82) is 0 Å². The summed E-state index contributed by atoms with van der Waals surface area (Å²) in [6, 6.07) is -0.712. The zero-order valence-corrected chi connectivity index (χ0v) is 27.7. The van der Waals surface area contributed by atoms with Crippen LogP contribution in [0.2, 0.25) is 0 Å². The molecule has 0 aliphatic carbocycles. The van der Waals surface area contributed by atoms with Crippen LogP contribution < -0.4 is 22.1 Å². The van der Waals surface area contributed by atoms with Crippen LogP contribution in [0, 0.1) is 0 Å². The Morgan fingerprint density at radius 2 is 1.09 bits per heavy atom. The minimum Gasteiger partial charge on any atom is -0.379 e. The van der Waals surface area contributed by atoms with Crippen LogP contribution in [0.4, 0.5) is 0 Å². The third kappa shape index (κ3) is 33.4. The fourth-order valence-electron chi connectivity index (χ4n) is 3.53. The molecule has 0 aromatic rings. The first kappa shape index (κ1) is 43.2. The van der Waals surface area contributed by atoms with Crippen molar-refractivity contribution in [2.45, 2.75) is 45.1 Å². The molecule has 1 atom stereocenters. The Hall–Kier alpha value is -1.79. The zero-order valence-electron chi connectivity index (χ0n) is 27.7. The van der Waals surface area contributed by atoms with E-state index >= 15 is 0 Å². The van der Waals surface area contributed by atoms with Gasteiger partial charge in [0.25, 0.3) is 0 Å². The highest BCUT2D eigenvalue weighted by Crippen LogP contribution is 2.03. The molecule has 0 heterocycles. The van der Waals surface area contributed by atoms with Gasteiger partial charge in [-0.25, -0.2) is 0 Å². The van der Waals surface area contributed by atoms with Crippen LogP contribution in [0.25, 0.3) is 0 Å². The molecule has 266 valence electrons. The summed E-state index contributed by atoms with van der Waals surface area (Å²) >= 11 is 0. The number of hydrogen-bond donors (Lipinski definition) is 4. The highest BCUT2D eigenvalue weighted by Gasteiger charge is 2.17. The quantitative estimate of drug-likeness (QED) is 0.0510. The number of primary amides is 1. The van der Waals surface area contributed by atoms with Gasteiger partial charge < -0.3 is 60.0 Å². The second-order valence-corrected chi connectivity index (χ2v) is 9.93. The summed E-state index contributed by atoms with van der Waals surface area (Å²) in [6.45, 7) is 11.8. The highest BCUT2D eigenvalue weighted by atomic mass is 16.6. The average molecular weight is 652 g/mol. The van der Waals surface area contributed by atoms with Gasteiger partial charge in [-0.15, -0.1) is 0 Å². The maximum absolute atomic E-state index is 12.2. The van der Waals surface area contributed by atoms with Crippen molar-refractivity contribution in [3.63, 3.8) is 0 Å². The third-order valence-corrected chi connectivity index (χ3v) is 6.03. The van der Waals surface area contributed by atoms with E-state index in [1.165, 1.54) is 0 Å². The Labute approximate surface area is 269 Å². The van der Waals surface area contributed by atoms with Gasteiger partial charge >= 0.3 is 0 Å². The maximum atomic E-state index is 12.2. The minimum atomic E-state index is -0.712. The Bertz CT molecular complexity index is 706. The zero-order chi connectivity index (χ0) is 33.1. The number of aliphatic imine (C=N–C) groups is 1. The molecule has 45 heavy (non-hydrogen) atoms. The van der Waals surface area contributed by atoms with Crippen LogP contribution in [0.15, 0.2) is 4.99 Å². The van der Waals surface area contributed by atoms with Gasteiger partial charge in [0.05, 0.1) is 106 Å². The van der Waals surface area contributed by atoms with E-state index in [4.69, 9.17) is 49.4 Å². The molecule has 0 radical (unpaired) electrons. The predicted octanol–water partition coefficient (Wildman–Crippen LogP) is -0.321. The molecule has 0 bridgehead atoms. The number of carbonyl (C=O) groups excluding carboxylic acids is 2. The first-order valence-electron chi connectivity index (χ1n) is 16.1. The van der Waals surface area contributed by atoms with Gasteiger partial charge in [-0.3, -0.25) is 14.6 Å². The van der Waals surface area contributed by atoms with Crippen molar-refractivity contribution in [2.24, 2.45) is 16.5 Å². The Kier molecular flexibility index (Phi) is 33.7. The number of carbonyl (C=O) groups is 2. The minimum absolute atomic E-state index is 0.134. The average Bonchev–Trinajstić information content (AvgIpc) is 3.02. The summed E-state index contributed by atoms with van der Waals surface area (Å²) in [6.07, 6.45) is 2.83. The number of nitrogens with two attached hydrogens (primary N) is 2. The summed E-state index contributed by atoms with van der Waals surface area (Å²) in [5.41, 5.74) is 11.8. The molecule has 15 nitrogen and oxygen atoms in total. The number of unbranched alkanes of at least 4 members (excludes halogenated alkanes) is 1. The van der Waals surface area contributed by atoms with E-state index in [-0.39, 0.29) is 18.9 Å². The number of rotatable bonds is 36. The van der Waals surface area contributed by atoms with Crippen molar-refractivity contribution >= 4 is 17.5 Å². The normalized spacial score (nSPS) is 12.5. The van der Waals surface area contributed by atoms with Gasteiger partial charge in [-0.1, -0.05) is 0 Å². The first-order chi connectivity index (χ1) is 22.0. The van der Waals surface area contributed by atoms with Crippen LogP contribution >= 0.6 is 0 Å². The number of likely N-dealkylation sites (N-methyl/N-ethyl adjacent to an activating group) is 1. The highest BCUT2D eigenvalue weighted by molar-refractivity contribution is 5.86. The second kappa shape index (κ2) is 35.1. The van der Waals surface area contributed by atoms with E-state index in [9.17, 15) is 9.59 Å².